The van der Waals surface area contributed by atoms with Crippen molar-refractivity contribution in [1.29, 1.82) is 0 Å². The van der Waals surface area contributed by atoms with Gasteiger partial charge in [-0.25, -0.2) is 0 Å². The zero-order valence-electron chi connectivity index (χ0n) is 18.9. The monoisotopic (exact) mass is 487 g/mol. The van der Waals surface area contributed by atoms with Gasteiger partial charge in [-0.05, 0) is 53.6 Å². The van der Waals surface area contributed by atoms with Gasteiger partial charge in [-0.3, -0.25) is 14.9 Å². The molecule has 3 aromatic rings. The first-order chi connectivity index (χ1) is 16.7. The second-order valence-electron chi connectivity index (χ2n) is 7.76. The van der Waals surface area contributed by atoms with E-state index in [9.17, 15) is 28.1 Å². The molecule has 0 radical (unpaired) electrons. The maximum Gasteiger partial charge on any atom is 0.416 e. The topological polar surface area (TPSA) is 77.6 Å². The number of alkyl halides is 3. The average molecular weight is 487 g/mol. The van der Waals surface area contributed by atoms with Crippen LogP contribution >= 0.6 is 0 Å². The van der Waals surface area contributed by atoms with Crippen molar-refractivity contribution in [2.45, 2.75) is 19.3 Å². The van der Waals surface area contributed by atoms with Crippen molar-refractivity contribution in [3.05, 3.63) is 105 Å². The predicted octanol–water partition coefficient (Wildman–Crippen LogP) is 5.15. The highest BCUT2D eigenvalue weighted by Gasteiger charge is 2.30. The lowest BCUT2D eigenvalue weighted by molar-refractivity contribution is -0.384. The first-order valence-electron chi connectivity index (χ1n) is 10.7. The summed E-state index contributed by atoms with van der Waals surface area (Å²) in [6, 6.07) is 14.5. The molecule has 1 amide bonds. The Morgan fingerprint density at radius 3 is 2.54 bits per heavy atom. The minimum absolute atomic E-state index is 0.0447. The second-order valence-corrected chi connectivity index (χ2v) is 7.76. The molecule has 0 aliphatic carbocycles. The number of methoxy groups -OCH3 is 1. The summed E-state index contributed by atoms with van der Waals surface area (Å²) in [4.78, 5) is 24.7. The minimum atomic E-state index is -4.42. The van der Waals surface area contributed by atoms with E-state index in [2.05, 4.69) is 0 Å². The Hall–Kier alpha value is -3.92. The van der Waals surface area contributed by atoms with Crippen LogP contribution in [0, 0.1) is 10.1 Å². The molecular weight excluding hydrogens is 463 g/mol. The molecule has 7 nitrogen and oxygen atoms in total. The normalized spacial score (nSPS) is 11.7. The molecule has 0 atom stereocenters. The summed E-state index contributed by atoms with van der Waals surface area (Å²) in [5.74, 6) is -0.299. The molecule has 0 bridgehead atoms. The number of nitro benzene ring substituents is 1. The van der Waals surface area contributed by atoms with Gasteiger partial charge >= 0.3 is 6.18 Å². The Morgan fingerprint density at radius 1 is 1.14 bits per heavy atom. The van der Waals surface area contributed by atoms with Crippen molar-refractivity contribution in [3.63, 3.8) is 0 Å². The smallest absolute Gasteiger partial charge is 0.383 e. The maximum atomic E-state index is 13.1. The van der Waals surface area contributed by atoms with E-state index in [1.165, 1.54) is 31.4 Å². The first-order valence-corrected chi connectivity index (χ1v) is 10.7. The van der Waals surface area contributed by atoms with Gasteiger partial charge in [-0.2, -0.15) is 13.2 Å². The molecule has 184 valence electrons. The van der Waals surface area contributed by atoms with Gasteiger partial charge < -0.3 is 14.2 Å². The molecule has 0 saturated carbocycles. The number of aromatic nitrogens is 1. The molecule has 2 aromatic carbocycles. The highest BCUT2D eigenvalue weighted by Crippen LogP contribution is 2.29. The summed E-state index contributed by atoms with van der Waals surface area (Å²) in [5, 5.41) is 10.8. The number of benzene rings is 2. The molecular formula is C25H24F3N3O4. The Labute approximate surface area is 200 Å². The van der Waals surface area contributed by atoms with Crippen molar-refractivity contribution in [3.8, 4) is 0 Å². The van der Waals surface area contributed by atoms with Crippen molar-refractivity contribution in [1.82, 2.24) is 9.47 Å². The number of hydrogen-bond acceptors (Lipinski definition) is 4. The lowest BCUT2D eigenvalue weighted by Crippen LogP contribution is -2.33. The number of amides is 1. The fourth-order valence-electron chi connectivity index (χ4n) is 3.43. The first kappa shape index (κ1) is 25.7. The molecule has 0 spiro atoms. The molecule has 0 fully saturated rings. The molecule has 3 rings (SSSR count). The summed E-state index contributed by atoms with van der Waals surface area (Å²) in [6.07, 6.45) is 0.265. The van der Waals surface area contributed by atoms with E-state index in [1.54, 1.807) is 52.1 Å². The SMILES string of the molecule is COCCN(Cc1cccn1Cc1cccc(C(F)(F)F)c1)C(=O)/C=C/c1ccc([N+](=O)[O-])cc1. The number of nitrogens with zero attached hydrogens (tertiary/aromatic N) is 3. The van der Waals surface area contributed by atoms with Crippen LogP contribution in [-0.4, -0.2) is 40.6 Å². The lowest BCUT2D eigenvalue weighted by Gasteiger charge is -2.22. The number of non-ortho nitro benzene ring substituents is 1. The third-order valence-electron chi connectivity index (χ3n) is 5.28. The lowest BCUT2D eigenvalue weighted by atomic mass is 10.1. The van der Waals surface area contributed by atoms with Crippen LogP contribution in [0.15, 0.2) is 72.9 Å². The van der Waals surface area contributed by atoms with Crippen LogP contribution in [0.25, 0.3) is 6.08 Å². The van der Waals surface area contributed by atoms with Crippen LogP contribution in [0.2, 0.25) is 0 Å². The summed E-state index contributed by atoms with van der Waals surface area (Å²) < 4.78 is 46.1. The Morgan fingerprint density at radius 2 is 1.89 bits per heavy atom. The van der Waals surface area contributed by atoms with E-state index in [1.807, 2.05) is 0 Å². The zero-order valence-corrected chi connectivity index (χ0v) is 18.9. The quantitative estimate of drug-likeness (QED) is 0.225. The molecule has 1 aromatic heterocycles. The maximum absolute atomic E-state index is 13.1. The Kier molecular flexibility index (Phi) is 8.43. The third-order valence-corrected chi connectivity index (χ3v) is 5.28. The van der Waals surface area contributed by atoms with E-state index >= 15 is 0 Å². The molecule has 0 saturated heterocycles. The summed E-state index contributed by atoms with van der Waals surface area (Å²) in [5.41, 5.74) is 1.11. The molecule has 0 N–H and O–H groups in total. The summed E-state index contributed by atoms with van der Waals surface area (Å²) >= 11 is 0. The number of halogens is 3. The van der Waals surface area contributed by atoms with Gasteiger partial charge in [-0.15, -0.1) is 0 Å². The van der Waals surface area contributed by atoms with E-state index < -0.39 is 16.7 Å². The highest BCUT2D eigenvalue weighted by atomic mass is 19.4. The largest absolute Gasteiger partial charge is 0.416 e. The molecule has 0 unspecified atom stereocenters. The van der Waals surface area contributed by atoms with Gasteiger partial charge in [-0.1, -0.05) is 12.1 Å². The number of nitro groups is 1. The van der Waals surface area contributed by atoms with Crippen LogP contribution in [0.4, 0.5) is 18.9 Å². The Bertz CT molecular complexity index is 1190. The van der Waals surface area contributed by atoms with E-state index in [0.29, 0.717) is 24.3 Å². The number of ether oxygens (including phenoxy) is 1. The minimum Gasteiger partial charge on any atom is -0.383 e. The van der Waals surface area contributed by atoms with Crippen LogP contribution < -0.4 is 0 Å². The van der Waals surface area contributed by atoms with Gasteiger partial charge in [0, 0.05) is 50.3 Å². The van der Waals surface area contributed by atoms with Crippen molar-refractivity contribution >= 4 is 17.7 Å². The van der Waals surface area contributed by atoms with Gasteiger partial charge in [0.05, 0.1) is 23.6 Å². The molecule has 0 aliphatic heterocycles. The summed E-state index contributed by atoms with van der Waals surface area (Å²) in [7, 11) is 1.52. The fraction of sp³-hybridized carbons (Fsp3) is 0.240. The number of carbonyl (C=O) groups excluding carboxylic acids is 1. The number of hydrogen-bond donors (Lipinski definition) is 0. The fourth-order valence-corrected chi connectivity index (χ4v) is 3.43. The van der Waals surface area contributed by atoms with E-state index in [-0.39, 0.29) is 24.7 Å². The van der Waals surface area contributed by atoms with Crippen molar-refractivity contribution in [2.24, 2.45) is 0 Å². The van der Waals surface area contributed by atoms with Gasteiger partial charge in [0.25, 0.3) is 5.69 Å². The van der Waals surface area contributed by atoms with Gasteiger partial charge in [0.2, 0.25) is 5.91 Å². The van der Waals surface area contributed by atoms with Crippen LogP contribution in [0.5, 0.6) is 0 Å². The molecule has 1 heterocycles. The second kappa shape index (κ2) is 11.5. The molecule has 35 heavy (non-hydrogen) atoms. The highest BCUT2D eigenvalue weighted by molar-refractivity contribution is 5.91. The average Bonchev–Trinajstić information content (AvgIpc) is 3.26. The molecule has 0 aliphatic rings. The van der Waals surface area contributed by atoms with Crippen LogP contribution in [-0.2, 0) is 28.8 Å². The van der Waals surface area contributed by atoms with Crippen molar-refractivity contribution < 1.29 is 27.6 Å². The zero-order chi connectivity index (χ0) is 25.4. The van der Waals surface area contributed by atoms with Gasteiger partial charge in [0.15, 0.2) is 0 Å². The standard InChI is InChI=1S/C25H24F3N3O4/c1-35-15-14-30(24(32)12-9-19-7-10-22(11-8-19)31(33)34)18-23-6-3-13-29(23)17-20-4-2-5-21(16-20)25(26,27)28/h2-13,16H,14-15,17-18H2,1H3/b12-9+. The van der Waals surface area contributed by atoms with Crippen molar-refractivity contribution in [2.75, 3.05) is 20.3 Å². The van der Waals surface area contributed by atoms with E-state index in [4.69, 9.17) is 4.74 Å². The van der Waals surface area contributed by atoms with Crippen LogP contribution in [0.1, 0.15) is 22.4 Å². The van der Waals surface area contributed by atoms with E-state index in [0.717, 1.165) is 17.8 Å². The predicted molar refractivity (Wildman–Crippen MR) is 124 cm³/mol. The van der Waals surface area contributed by atoms with Gasteiger partial charge in [0.1, 0.15) is 0 Å². The summed E-state index contributed by atoms with van der Waals surface area (Å²) in [6.45, 7) is 1.04. The molecule has 10 heteroatoms. The Balaban J connectivity index is 1.74. The third kappa shape index (κ3) is 7.28. The number of rotatable bonds is 10. The number of carbonyl (C=O) groups is 1. The van der Waals surface area contributed by atoms with Crippen LogP contribution in [0.3, 0.4) is 0 Å².